The lowest BCUT2D eigenvalue weighted by Gasteiger charge is -2.26. The monoisotopic (exact) mass is 230 g/mol. The minimum absolute atomic E-state index is 0.261. The first-order chi connectivity index (χ1) is 7.62. The standard InChI is InChI=1S/C14H32NO/c1-4-5-6-7-8-9-10-11-12-13-15(2,3)14-16/h16H,4-14H2,1-3H3/q+1. The summed E-state index contributed by atoms with van der Waals surface area (Å²) in [5.74, 6) is 0. The lowest BCUT2D eigenvalue weighted by Crippen LogP contribution is -2.41. The van der Waals surface area contributed by atoms with Crippen LogP contribution in [0.15, 0.2) is 0 Å². The molecule has 0 aromatic carbocycles. The van der Waals surface area contributed by atoms with Crippen LogP contribution in [0.3, 0.4) is 0 Å². The average Bonchev–Trinajstić information content (AvgIpc) is 2.27. The summed E-state index contributed by atoms with van der Waals surface area (Å²) in [5, 5.41) is 9.09. The van der Waals surface area contributed by atoms with Gasteiger partial charge in [-0.25, -0.2) is 0 Å². The van der Waals surface area contributed by atoms with Gasteiger partial charge in [-0.2, -0.15) is 0 Å². The van der Waals surface area contributed by atoms with Crippen molar-refractivity contribution < 1.29 is 9.59 Å². The van der Waals surface area contributed by atoms with Gasteiger partial charge in [0.25, 0.3) is 0 Å². The van der Waals surface area contributed by atoms with E-state index in [0.717, 1.165) is 11.0 Å². The highest BCUT2D eigenvalue weighted by Gasteiger charge is 2.11. The molecule has 0 rings (SSSR count). The summed E-state index contributed by atoms with van der Waals surface area (Å²) in [6.45, 7) is 3.63. The van der Waals surface area contributed by atoms with Gasteiger partial charge in [0.2, 0.25) is 0 Å². The number of nitrogens with zero attached hydrogens (tertiary/aromatic N) is 1. The first kappa shape index (κ1) is 15.9. The molecule has 2 nitrogen and oxygen atoms in total. The van der Waals surface area contributed by atoms with Crippen molar-refractivity contribution in [2.75, 3.05) is 27.4 Å². The largest absolute Gasteiger partial charge is 0.347 e. The normalized spacial score (nSPS) is 12.0. The topological polar surface area (TPSA) is 20.2 Å². The van der Waals surface area contributed by atoms with Crippen molar-refractivity contribution in [1.82, 2.24) is 0 Å². The van der Waals surface area contributed by atoms with Crippen molar-refractivity contribution in [2.45, 2.75) is 64.7 Å². The van der Waals surface area contributed by atoms with Crippen LogP contribution in [0, 0.1) is 0 Å². The lowest BCUT2D eigenvalue weighted by atomic mass is 10.1. The molecule has 0 saturated carbocycles. The van der Waals surface area contributed by atoms with E-state index < -0.39 is 0 Å². The Labute approximate surface area is 102 Å². The van der Waals surface area contributed by atoms with E-state index in [2.05, 4.69) is 21.0 Å². The van der Waals surface area contributed by atoms with E-state index in [0.29, 0.717) is 0 Å². The molecule has 0 atom stereocenters. The zero-order valence-electron chi connectivity index (χ0n) is 11.7. The molecule has 98 valence electrons. The molecule has 0 fully saturated rings. The van der Waals surface area contributed by atoms with E-state index in [9.17, 15) is 0 Å². The van der Waals surface area contributed by atoms with Crippen LogP contribution in [0.5, 0.6) is 0 Å². The maximum atomic E-state index is 9.09. The summed E-state index contributed by atoms with van der Waals surface area (Å²) in [6.07, 6.45) is 12.4. The highest BCUT2D eigenvalue weighted by atomic mass is 16.3. The van der Waals surface area contributed by atoms with E-state index in [1.165, 1.54) is 57.8 Å². The molecule has 0 aliphatic rings. The number of rotatable bonds is 11. The molecule has 0 heterocycles. The molecular weight excluding hydrogens is 198 g/mol. The van der Waals surface area contributed by atoms with Crippen LogP contribution in [0.25, 0.3) is 0 Å². The molecule has 0 aliphatic heterocycles. The molecule has 1 N–H and O–H groups in total. The van der Waals surface area contributed by atoms with E-state index in [1.807, 2.05) is 0 Å². The quantitative estimate of drug-likeness (QED) is 0.327. The fraction of sp³-hybridized carbons (Fsp3) is 1.00. The zero-order valence-corrected chi connectivity index (χ0v) is 11.7. The highest BCUT2D eigenvalue weighted by Crippen LogP contribution is 2.10. The van der Waals surface area contributed by atoms with Crippen LogP contribution in [0.1, 0.15) is 64.7 Å². The predicted octanol–water partition coefficient (Wildman–Crippen LogP) is 3.54. The molecule has 0 unspecified atom stereocenters. The Morgan fingerprint density at radius 1 is 0.750 bits per heavy atom. The van der Waals surface area contributed by atoms with Crippen molar-refractivity contribution in [3.63, 3.8) is 0 Å². The summed E-state index contributed by atoms with van der Waals surface area (Å²) < 4.78 is 0.747. The Kier molecular flexibility index (Phi) is 10.0. The Hall–Kier alpha value is -0.0800. The van der Waals surface area contributed by atoms with E-state index in [-0.39, 0.29) is 6.73 Å². The molecule has 16 heavy (non-hydrogen) atoms. The van der Waals surface area contributed by atoms with Crippen LogP contribution in [-0.2, 0) is 0 Å². The van der Waals surface area contributed by atoms with Gasteiger partial charge < -0.3 is 9.59 Å². The van der Waals surface area contributed by atoms with Crippen molar-refractivity contribution in [3.05, 3.63) is 0 Å². The number of quaternary nitrogens is 1. The summed E-state index contributed by atoms with van der Waals surface area (Å²) in [6, 6.07) is 0. The van der Waals surface area contributed by atoms with Crippen molar-refractivity contribution in [3.8, 4) is 0 Å². The van der Waals surface area contributed by atoms with Crippen molar-refractivity contribution >= 4 is 0 Å². The summed E-state index contributed by atoms with van der Waals surface area (Å²) in [4.78, 5) is 0. The fourth-order valence-electron chi connectivity index (χ4n) is 1.92. The second kappa shape index (κ2) is 10.1. The fourth-order valence-corrected chi connectivity index (χ4v) is 1.92. The minimum atomic E-state index is 0.261. The van der Waals surface area contributed by atoms with Crippen LogP contribution < -0.4 is 0 Å². The maximum Gasteiger partial charge on any atom is 0.179 e. The third-order valence-corrected chi connectivity index (χ3v) is 3.25. The van der Waals surface area contributed by atoms with Gasteiger partial charge in [0.05, 0.1) is 20.6 Å². The third-order valence-electron chi connectivity index (χ3n) is 3.25. The molecule has 0 radical (unpaired) electrons. The van der Waals surface area contributed by atoms with Crippen LogP contribution in [0.2, 0.25) is 0 Å². The average molecular weight is 230 g/mol. The van der Waals surface area contributed by atoms with Crippen LogP contribution in [-0.4, -0.2) is 37.0 Å². The predicted molar refractivity (Wildman–Crippen MR) is 71.3 cm³/mol. The van der Waals surface area contributed by atoms with E-state index in [1.54, 1.807) is 0 Å². The Balaban J connectivity index is 3.10. The Morgan fingerprint density at radius 2 is 1.19 bits per heavy atom. The molecule has 0 amide bonds. The van der Waals surface area contributed by atoms with Gasteiger partial charge in [0.1, 0.15) is 0 Å². The summed E-state index contributed by atoms with van der Waals surface area (Å²) in [5.41, 5.74) is 0. The minimum Gasteiger partial charge on any atom is -0.347 e. The second-order valence-electron chi connectivity index (χ2n) is 5.63. The van der Waals surface area contributed by atoms with Gasteiger partial charge in [-0.3, -0.25) is 0 Å². The van der Waals surface area contributed by atoms with Crippen LogP contribution in [0.4, 0.5) is 0 Å². The van der Waals surface area contributed by atoms with Gasteiger partial charge in [-0.05, 0) is 12.8 Å². The first-order valence-electron chi connectivity index (χ1n) is 7.05. The highest BCUT2D eigenvalue weighted by molar-refractivity contribution is 4.46. The molecule has 0 aromatic rings. The summed E-state index contributed by atoms with van der Waals surface area (Å²) >= 11 is 0. The maximum absolute atomic E-state index is 9.09. The van der Waals surface area contributed by atoms with E-state index in [4.69, 9.17) is 5.11 Å². The van der Waals surface area contributed by atoms with Crippen molar-refractivity contribution in [2.24, 2.45) is 0 Å². The van der Waals surface area contributed by atoms with Crippen LogP contribution >= 0.6 is 0 Å². The number of aliphatic hydroxyl groups excluding tert-OH is 1. The SMILES string of the molecule is CCCCCCCCCCC[N+](C)(C)CO. The van der Waals surface area contributed by atoms with Gasteiger partial charge in [-0.15, -0.1) is 0 Å². The molecule has 0 saturated heterocycles. The number of hydrogen-bond donors (Lipinski definition) is 1. The number of aliphatic hydroxyl groups is 1. The number of unbranched alkanes of at least 4 members (excludes halogenated alkanes) is 8. The molecule has 0 bridgehead atoms. The Morgan fingerprint density at radius 3 is 1.62 bits per heavy atom. The van der Waals surface area contributed by atoms with E-state index >= 15 is 0 Å². The molecule has 0 aliphatic carbocycles. The Bertz CT molecular complexity index is 146. The number of hydrogen-bond acceptors (Lipinski definition) is 1. The zero-order chi connectivity index (χ0) is 12.3. The third kappa shape index (κ3) is 10.4. The smallest absolute Gasteiger partial charge is 0.179 e. The van der Waals surface area contributed by atoms with Gasteiger partial charge in [-0.1, -0.05) is 51.9 Å². The van der Waals surface area contributed by atoms with Gasteiger partial charge in [0, 0.05) is 0 Å². The molecular formula is C14H32NO+. The molecule has 0 spiro atoms. The summed E-state index contributed by atoms with van der Waals surface area (Å²) in [7, 11) is 4.18. The molecule has 2 heteroatoms. The lowest BCUT2D eigenvalue weighted by molar-refractivity contribution is -0.909. The molecule has 0 aromatic heterocycles. The van der Waals surface area contributed by atoms with Crippen molar-refractivity contribution in [1.29, 1.82) is 0 Å². The first-order valence-corrected chi connectivity index (χ1v) is 7.05. The second-order valence-corrected chi connectivity index (χ2v) is 5.63. The van der Waals surface area contributed by atoms with Gasteiger partial charge in [0.15, 0.2) is 6.73 Å². The van der Waals surface area contributed by atoms with Gasteiger partial charge >= 0.3 is 0 Å².